The third-order valence-electron chi connectivity index (χ3n) is 4.46. The summed E-state index contributed by atoms with van der Waals surface area (Å²) < 4.78 is 50.6. The molecule has 1 saturated heterocycles. The molecule has 1 aliphatic rings. The molecule has 0 unspecified atom stereocenters. The van der Waals surface area contributed by atoms with E-state index in [0.717, 1.165) is 16.4 Å². The molecule has 0 radical (unpaired) electrons. The largest absolute Gasteiger partial charge is 0.469 e. The van der Waals surface area contributed by atoms with Gasteiger partial charge in [0.05, 0.1) is 24.3 Å². The Labute approximate surface area is 173 Å². The van der Waals surface area contributed by atoms with Gasteiger partial charge in [-0.25, -0.2) is 12.8 Å². The fraction of sp³-hybridized carbons (Fsp3) is 0.368. The summed E-state index contributed by atoms with van der Waals surface area (Å²) in [5.74, 6) is -1.62. The van der Waals surface area contributed by atoms with Crippen LogP contribution in [0.15, 0.2) is 52.0 Å². The lowest BCUT2D eigenvalue weighted by Crippen LogP contribution is -2.53. The molecule has 30 heavy (non-hydrogen) atoms. The Morgan fingerprint density at radius 3 is 2.57 bits per heavy atom. The van der Waals surface area contributed by atoms with E-state index in [2.05, 4.69) is 10.6 Å². The van der Waals surface area contributed by atoms with Gasteiger partial charge in [0.2, 0.25) is 10.0 Å². The molecule has 1 aromatic heterocycles. The van der Waals surface area contributed by atoms with Crippen LogP contribution in [0.1, 0.15) is 12.2 Å². The van der Waals surface area contributed by atoms with Crippen LogP contribution < -0.4 is 10.6 Å². The van der Waals surface area contributed by atoms with Crippen LogP contribution in [0.4, 0.5) is 4.39 Å². The van der Waals surface area contributed by atoms with Gasteiger partial charge in [0.1, 0.15) is 17.8 Å². The van der Waals surface area contributed by atoms with E-state index >= 15 is 0 Å². The lowest BCUT2D eigenvalue weighted by atomic mass is 10.3. The average molecular weight is 439 g/mol. The minimum Gasteiger partial charge on any atom is -0.469 e. The van der Waals surface area contributed by atoms with Gasteiger partial charge < -0.3 is 19.8 Å². The van der Waals surface area contributed by atoms with Crippen LogP contribution in [0.2, 0.25) is 0 Å². The predicted octanol–water partition coefficient (Wildman–Crippen LogP) is 0.631. The zero-order valence-corrected chi connectivity index (χ0v) is 16.9. The first-order chi connectivity index (χ1) is 14.4. The van der Waals surface area contributed by atoms with E-state index in [-0.39, 0.29) is 24.5 Å². The van der Waals surface area contributed by atoms with E-state index in [1.54, 1.807) is 12.1 Å². The molecule has 9 nitrogen and oxygen atoms in total. The molecule has 2 aromatic rings. The van der Waals surface area contributed by atoms with Crippen molar-refractivity contribution < 1.29 is 31.6 Å². The summed E-state index contributed by atoms with van der Waals surface area (Å²) in [4.78, 5) is 23.9. The monoisotopic (exact) mass is 439 g/mol. The molecule has 2 heterocycles. The van der Waals surface area contributed by atoms with Crippen molar-refractivity contribution in [3.05, 3.63) is 54.2 Å². The smallest absolute Gasteiger partial charge is 0.309 e. The molecule has 0 bridgehead atoms. The van der Waals surface area contributed by atoms with Gasteiger partial charge in [-0.2, -0.15) is 4.31 Å². The highest BCUT2D eigenvalue weighted by atomic mass is 32.2. The first-order valence-corrected chi connectivity index (χ1v) is 10.8. The number of ether oxygens (including phenoxy) is 1. The number of nitrogens with zero attached hydrogens (tertiary/aromatic N) is 1. The van der Waals surface area contributed by atoms with Crippen molar-refractivity contribution >= 4 is 21.8 Å². The number of hydrogen-bond donors (Lipinski definition) is 2. The maximum Gasteiger partial charge on any atom is 0.309 e. The van der Waals surface area contributed by atoms with Gasteiger partial charge in [-0.15, -0.1) is 0 Å². The topological polar surface area (TPSA) is 118 Å². The molecule has 1 atom stereocenters. The van der Waals surface area contributed by atoms with Crippen molar-refractivity contribution in [2.24, 2.45) is 0 Å². The van der Waals surface area contributed by atoms with E-state index in [1.165, 1.54) is 18.4 Å². The van der Waals surface area contributed by atoms with Crippen LogP contribution >= 0.6 is 0 Å². The number of carbonyl (C=O) groups excluding carboxylic acids is 2. The Balaban J connectivity index is 1.55. The van der Waals surface area contributed by atoms with Crippen LogP contribution in [0.25, 0.3) is 0 Å². The standard InChI is InChI=1S/C19H22FN3O6S/c20-14-4-6-16(7-5-14)30(26,27)23-10-2-12-29-17(23)13-22-19(25)18(24)21-9-8-15-3-1-11-28-15/h1,3-7,11,17H,2,8-10,12-13H2,(H,21,24)(H,22,25)/t17-/m0/s1. The Bertz CT molecular complexity index is 963. The third kappa shape index (κ3) is 5.43. The SMILES string of the molecule is O=C(NCCc1ccco1)C(=O)NC[C@@H]1OCCCN1S(=O)(=O)c1ccc(F)cc1. The van der Waals surface area contributed by atoms with Crippen molar-refractivity contribution in [3.8, 4) is 0 Å². The highest BCUT2D eigenvalue weighted by Crippen LogP contribution is 2.22. The average Bonchev–Trinajstić information content (AvgIpc) is 3.26. The number of sulfonamides is 1. The van der Waals surface area contributed by atoms with E-state index < -0.39 is 33.9 Å². The summed E-state index contributed by atoms with van der Waals surface area (Å²) in [6.45, 7) is 0.497. The summed E-state index contributed by atoms with van der Waals surface area (Å²) in [5, 5.41) is 4.85. The van der Waals surface area contributed by atoms with E-state index in [4.69, 9.17) is 9.15 Å². The normalized spacial score (nSPS) is 17.4. The van der Waals surface area contributed by atoms with Crippen molar-refractivity contribution in [2.75, 3.05) is 26.2 Å². The Morgan fingerprint density at radius 2 is 1.87 bits per heavy atom. The maximum absolute atomic E-state index is 13.1. The molecule has 2 N–H and O–H groups in total. The summed E-state index contributed by atoms with van der Waals surface area (Å²) in [6, 6.07) is 7.92. The summed E-state index contributed by atoms with van der Waals surface area (Å²) in [6.07, 6.45) is 1.44. The number of amides is 2. The van der Waals surface area contributed by atoms with Gasteiger partial charge in [0.25, 0.3) is 0 Å². The minimum absolute atomic E-state index is 0.0820. The summed E-state index contributed by atoms with van der Waals surface area (Å²) in [5.41, 5.74) is 0. The predicted molar refractivity (Wildman–Crippen MR) is 103 cm³/mol. The van der Waals surface area contributed by atoms with Crippen LogP contribution in [0.5, 0.6) is 0 Å². The number of rotatable bonds is 7. The molecule has 0 aliphatic carbocycles. The molecule has 0 spiro atoms. The molecule has 11 heteroatoms. The summed E-state index contributed by atoms with van der Waals surface area (Å²) in [7, 11) is -3.96. The fourth-order valence-corrected chi connectivity index (χ4v) is 4.50. The van der Waals surface area contributed by atoms with Gasteiger partial charge in [0, 0.05) is 19.5 Å². The van der Waals surface area contributed by atoms with Crippen LogP contribution in [0, 0.1) is 5.82 Å². The van der Waals surface area contributed by atoms with E-state index in [1.807, 2.05) is 0 Å². The van der Waals surface area contributed by atoms with Crippen LogP contribution in [-0.4, -0.2) is 57.0 Å². The van der Waals surface area contributed by atoms with Gasteiger partial charge in [-0.1, -0.05) is 0 Å². The van der Waals surface area contributed by atoms with Crippen molar-refractivity contribution in [1.82, 2.24) is 14.9 Å². The van der Waals surface area contributed by atoms with Crippen LogP contribution in [-0.2, 0) is 30.8 Å². The molecule has 2 amide bonds. The number of carbonyl (C=O) groups is 2. The molecular weight excluding hydrogens is 417 g/mol. The third-order valence-corrected chi connectivity index (χ3v) is 6.36. The number of halogens is 1. The molecule has 3 rings (SSSR count). The fourth-order valence-electron chi connectivity index (χ4n) is 2.94. The molecule has 162 valence electrons. The molecular formula is C19H22FN3O6S. The van der Waals surface area contributed by atoms with E-state index in [9.17, 15) is 22.4 Å². The van der Waals surface area contributed by atoms with Crippen LogP contribution in [0.3, 0.4) is 0 Å². The lowest BCUT2D eigenvalue weighted by molar-refractivity contribution is -0.140. The van der Waals surface area contributed by atoms with Crippen molar-refractivity contribution in [1.29, 1.82) is 0 Å². The number of benzene rings is 1. The molecule has 1 aromatic carbocycles. The number of furan rings is 1. The molecule has 1 aliphatic heterocycles. The van der Waals surface area contributed by atoms with Gasteiger partial charge in [-0.3, -0.25) is 9.59 Å². The highest BCUT2D eigenvalue weighted by molar-refractivity contribution is 7.89. The van der Waals surface area contributed by atoms with Crippen molar-refractivity contribution in [2.45, 2.75) is 24.0 Å². The maximum atomic E-state index is 13.1. The minimum atomic E-state index is -3.96. The van der Waals surface area contributed by atoms with E-state index in [0.29, 0.717) is 25.2 Å². The van der Waals surface area contributed by atoms with Gasteiger partial charge in [0.15, 0.2) is 0 Å². The quantitative estimate of drug-likeness (QED) is 0.611. The first-order valence-electron chi connectivity index (χ1n) is 9.35. The Kier molecular flexibility index (Phi) is 7.19. The highest BCUT2D eigenvalue weighted by Gasteiger charge is 2.34. The number of hydrogen-bond acceptors (Lipinski definition) is 6. The van der Waals surface area contributed by atoms with Gasteiger partial charge >= 0.3 is 11.8 Å². The molecule has 1 fully saturated rings. The second-order valence-electron chi connectivity index (χ2n) is 6.54. The number of nitrogens with one attached hydrogen (secondary N) is 2. The zero-order valence-electron chi connectivity index (χ0n) is 16.0. The lowest BCUT2D eigenvalue weighted by Gasteiger charge is -2.34. The second kappa shape index (κ2) is 9.83. The van der Waals surface area contributed by atoms with Crippen molar-refractivity contribution in [3.63, 3.8) is 0 Å². The molecule has 0 saturated carbocycles. The van der Waals surface area contributed by atoms with Gasteiger partial charge in [-0.05, 0) is 42.8 Å². The Morgan fingerprint density at radius 1 is 1.13 bits per heavy atom. The summed E-state index contributed by atoms with van der Waals surface area (Å²) >= 11 is 0. The second-order valence-corrected chi connectivity index (χ2v) is 8.43. The first kappa shape index (κ1) is 21.9. The Hall–Kier alpha value is -2.76. The zero-order chi connectivity index (χ0) is 21.6.